The molecule has 0 spiro atoms. The summed E-state index contributed by atoms with van der Waals surface area (Å²) in [4.78, 5) is 10.3. The average molecular weight is 475 g/mol. The van der Waals surface area contributed by atoms with E-state index in [1.807, 2.05) is 31.0 Å². The molecular formula is C30H38N2O3. The second-order valence-electron chi connectivity index (χ2n) is 9.55. The van der Waals surface area contributed by atoms with Gasteiger partial charge in [0, 0.05) is 31.6 Å². The fraction of sp³-hybridized carbons (Fsp3) is 0.433. The minimum atomic E-state index is -0.317. The highest BCUT2D eigenvalue weighted by Gasteiger charge is 2.60. The van der Waals surface area contributed by atoms with E-state index in [0.717, 1.165) is 44.5 Å². The lowest BCUT2D eigenvalue weighted by Gasteiger charge is -2.24. The molecule has 35 heavy (non-hydrogen) atoms. The van der Waals surface area contributed by atoms with Crippen LogP contribution in [-0.2, 0) is 17.7 Å². The molecular weight excluding hydrogens is 436 g/mol. The van der Waals surface area contributed by atoms with Crippen molar-refractivity contribution in [2.24, 2.45) is 4.99 Å². The Morgan fingerprint density at radius 1 is 0.943 bits per heavy atom. The third-order valence-electron chi connectivity index (χ3n) is 7.05. The quantitative estimate of drug-likeness (QED) is 0.454. The summed E-state index contributed by atoms with van der Waals surface area (Å²) in [5, 5.41) is 21.5. The van der Waals surface area contributed by atoms with Crippen molar-refractivity contribution in [1.29, 1.82) is 0 Å². The minimum Gasteiger partial charge on any atom is -0.393 e. The van der Waals surface area contributed by atoms with Crippen molar-refractivity contribution < 1.29 is 15.1 Å². The number of rotatable bonds is 6. The van der Waals surface area contributed by atoms with Crippen molar-refractivity contribution in [2.45, 2.75) is 70.3 Å². The second-order valence-corrected chi connectivity index (χ2v) is 9.55. The SMILES string of the molecule is CC=C(Cc1ccccc1)C12CC(O)CCN1O2.CC=C(Cc1ccccc1)C1=NCCC(O)C1. The number of aliphatic hydroxyl groups excluding tert-OH is 2. The number of aliphatic imine (C=N–C) groups is 1. The maximum absolute atomic E-state index is 9.85. The molecule has 0 amide bonds. The summed E-state index contributed by atoms with van der Waals surface area (Å²) in [5.41, 5.74) is 5.85. The first-order chi connectivity index (χ1) is 17.0. The number of aliphatic hydroxyl groups is 2. The van der Waals surface area contributed by atoms with Crippen LogP contribution < -0.4 is 0 Å². The summed E-state index contributed by atoms with van der Waals surface area (Å²) >= 11 is 0. The summed E-state index contributed by atoms with van der Waals surface area (Å²) in [7, 11) is 0. The molecule has 5 heteroatoms. The van der Waals surface area contributed by atoms with Gasteiger partial charge in [-0.3, -0.25) is 9.83 Å². The predicted molar refractivity (Wildman–Crippen MR) is 141 cm³/mol. The van der Waals surface area contributed by atoms with Crippen LogP contribution in [0.4, 0.5) is 0 Å². The molecule has 2 aromatic rings. The maximum atomic E-state index is 9.85. The fourth-order valence-corrected chi connectivity index (χ4v) is 5.00. The van der Waals surface area contributed by atoms with E-state index in [1.54, 1.807) is 0 Å². The molecule has 3 heterocycles. The molecule has 2 saturated heterocycles. The summed E-state index contributed by atoms with van der Waals surface area (Å²) in [6.45, 7) is 5.67. The molecule has 4 unspecified atom stereocenters. The lowest BCUT2D eigenvalue weighted by Crippen LogP contribution is -2.34. The highest BCUT2D eigenvalue weighted by Crippen LogP contribution is 2.49. The zero-order valence-corrected chi connectivity index (χ0v) is 20.9. The van der Waals surface area contributed by atoms with E-state index in [0.29, 0.717) is 12.8 Å². The van der Waals surface area contributed by atoms with E-state index < -0.39 is 0 Å². The van der Waals surface area contributed by atoms with E-state index in [1.165, 1.54) is 22.3 Å². The van der Waals surface area contributed by atoms with E-state index in [-0.39, 0.29) is 17.9 Å². The lowest BCUT2D eigenvalue weighted by atomic mass is 9.89. The molecule has 5 rings (SSSR count). The van der Waals surface area contributed by atoms with Crippen LogP contribution in [0.1, 0.15) is 50.7 Å². The number of nitrogens with zero attached hydrogens (tertiary/aromatic N) is 2. The molecule has 3 aliphatic heterocycles. The first-order valence-electron chi connectivity index (χ1n) is 12.8. The Bertz CT molecular complexity index is 1050. The van der Waals surface area contributed by atoms with Crippen molar-refractivity contribution in [3.8, 4) is 0 Å². The Balaban J connectivity index is 0.000000165. The number of allylic oxidation sites excluding steroid dienone is 3. The average Bonchev–Trinajstić information content (AvgIpc) is 3.62. The number of benzene rings is 2. The highest BCUT2D eigenvalue weighted by molar-refractivity contribution is 6.01. The van der Waals surface area contributed by atoms with Crippen LogP contribution >= 0.6 is 0 Å². The van der Waals surface area contributed by atoms with E-state index in [2.05, 4.69) is 65.7 Å². The zero-order valence-electron chi connectivity index (χ0n) is 20.9. The van der Waals surface area contributed by atoms with Gasteiger partial charge in [0.1, 0.15) is 0 Å². The van der Waals surface area contributed by atoms with Gasteiger partial charge >= 0.3 is 0 Å². The van der Waals surface area contributed by atoms with Crippen molar-refractivity contribution in [3.63, 3.8) is 0 Å². The van der Waals surface area contributed by atoms with Gasteiger partial charge in [-0.05, 0) is 61.8 Å². The summed E-state index contributed by atoms with van der Waals surface area (Å²) in [6, 6.07) is 20.8. The Morgan fingerprint density at radius 3 is 2.20 bits per heavy atom. The predicted octanol–water partition coefficient (Wildman–Crippen LogP) is 5.04. The van der Waals surface area contributed by atoms with Crippen LogP contribution in [0.15, 0.2) is 89.0 Å². The molecule has 0 radical (unpaired) electrons. The number of piperidine rings is 1. The molecule has 0 saturated carbocycles. The largest absolute Gasteiger partial charge is 0.393 e. The summed E-state index contributed by atoms with van der Waals surface area (Å²) in [6.07, 6.45) is 8.59. The molecule has 186 valence electrons. The van der Waals surface area contributed by atoms with Gasteiger partial charge in [-0.25, -0.2) is 0 Å². The smallest absolute Gasteiger partial charge is 0.189 e. The highest BCUT2D eigenvalue weighted by atomic mass is 16.9. The van der Waals surface area contributed by atoms with E-state index >= 15 is 0 Å². The van der Waals surface area contributed by atoms with Crippen LogP contribution in [0.3, 0.4) is 0 Å². The van der Waals surface area contributed by atoms with E-state index in [9.17, 15) is 10.2 Å². The molecule has 5 nitrogen and oxygen atoms in total. The van der Waals surface area contributed by atoms with Crippen molar-refractivity contribution in [3.05, 3.63) is 95.1 Å². The zero-order chi connectivity index (χ0) is 24.7. The molecule has 0 aliphatic carbocycles. The fourth-order valence-electron chi connectivity index (χ4n) is 5.00. The van der Waals surface area contributed by atoms with Gasteiger partial charge in [0.2, 0.25) is 0 Å². The van der Waals surface area contributed by atoms with Gasteiger partial charge in [0.15, 0.2) is 5.72 Å². The van der Waals surface area contributed by atoms with Gasteiger partial charge in [-0.15, -0.1) is 5.06 Å². The number of hydrogen-bond donors (Lipinski definition) is 2. The third kappa shape index (κ3) is 6.56. The number of fused-ring (bicyclic) bond motifs is 1. The Labute approximate surface area is 209 Å². The van der Waals surface area contributed by atoms with Gasteiger partial charge in [0.25, 0.3) is 0 Å². The molecule has 0 bridgehead atoms. The van der Waals surface area contributed by atoms with Crippen LogP contribution in [0.5, 0.6) is 0 Å². The minimum absolute atomic E-state index is 0.215. The monoisotopic (exact) mass is 474 g/mol. The van der Waals surface area contributed by atoms with Crippen LogP contribution in [0.25, 0.3) is 0 Å². The van der Waals surface area contributed by atoms with Crippen molar-refractivity contribution in [1.82, 2.24) is 5.06 Å². The Kier molecular flexibility index (Phi) is 8.69. The van der Waals surface area contributed by atoms with Gasteiger partial charge < -0.3 is 10.2 Å². The van der Waals surface area contributed by atoms with Crippen LogP contribution in [-0.4, -0.2) is 52.0 Å². The van der Waals surface area contributed by atoms with E-state index in [4.69, 9.17) is 4.84 Å². The molecule has 2 N–H and O–H groups in total. The molecule has 3 aliphatic rings. The third-order valence-corrected chi connectivity index (χ3v) is 7.05. The summed E-state index contributed by atoms with van der Waals surface area (Å²) in [5.74, 6) is 0. The first kappa shape index (κ1) is 25.5. The maximum Gasteiger partial charge on any atom is 0.189 e. The molecule has 2 aromatic carbocycles. The summed E-state index contributed by atoms with van der Waals surface area (Å²) < 4.78 is 0. The Hall–Kier alpha value is -2.57. The lowest BCUT2D eigenvalue weighted by molar-refractivity contribution is 0.105. The van der Waals surface area contributed by atoms with Crippen LogP contribution in [0.2, 0.25) is 0 Å². The topological polar surface area (TPSA) is 68.4 Å². The molecule has 0 aromatic heterocycles. The van der Waals surface area contributed by atoms with Crippen molar-refractivity contribution in [2.75, 3.05) is 13.1 Å². The normalized spacial score (nSPS) is 28.3. The number of hydrogen-bond acceptors (Lipinski definition) is 5. The Morgan fingerprint density at radius 2 is 1.60 bits per heavy atom. The van der Waals surface area contributed by atoms with Crippen molar-refractivity contribution >= 4 is 5.71 Å². The van der Waals surface area contributed by atoms with Gasteiger partial charge in [0.05, 0.1) is 12.2 Å². The van der Waals surface area contributed by atoms with Gasteiger partial charge in [-0.2, -0.15) is 0 Å². The first-order valence-corrected chi connectivity index (χ1v) is 12.8. The standard InChI is InChI=1S/C15H19NO2.C15H19NO/c1-2-13(10-12-6-4-3-5-7-12)15-11-14(17)8-9-16(15)18-15;1-2-13(10-12-6-4-3-5-7-12)15-11-14(17)8-9-16-15/h2-7,14,17H,8-11H2,1H3;2-7,14,17H,8-11H2,1H3. The van der Waals surface area contributed by atoms with Crippen LogP contribution in [0, 0.1) is 0 Å². The molecule has 2 fully saturated rings. The molecule has 4 atom stereocenters. The number of hydroxylamine groups is 2. The van der Waals surface area contributed by atoms with Gasteiger partial charge in [-0.1, -0.05) is 72.8 Å². The second kappa shape index (κ2) is 11.9.